The fourth-order valence-corrected chi connectivity index (χ4v) is 3.59. The van der Waals surface area contributed by atoms with Gasteiger partial charge in [-0.3, -0.25) is 4.72 Å². The Morgan fingerprint density at radius 2 is 1.88 bits per heavy atom. The second kappa shape index (κ2) is 7.16. The predicted molar refractivity (Wildman–Crippen MR) is 88.7 cm³/mol. The van der Waals surface area contributed by atoms with Gasteiger partial charge in [0.25, 0.3) is 10.0 Å². The first-order chi connectivity index (χ1) is 11.7. The van der Waals surface area contributed by atoms with Gasteiger partial charge in [-0.1, -0.05) is 11.6 Å². The topological polar surface area (TPSA) is 102 Å². The zero-order valence-corrected chi connectivity index (χ0v) is 14.6. The molecule has 0 atom stereocenters. The van der Waals surface area contributed by atoms with Gasteiger partial charge >= 0.3 is 5.97 Å². The SMILES string of the molecule is COc1ccc(NS(=O)(=O)c2cc(C(=O)O)c(F)cc2Cl)c(OC)c1. The molecule has 0 unspecified atom stereocenters. The summed E-state index contributed by atoms with van der Waals surface area (Å²) < 4.78 is 51.0. The number of anilines is 1. The van der Waals surface area contributed by atoms with E-state index in [4.69, 9.17) is 26.2 Å². The van der Waals surface area contributed by atoms with Crippen LogP contribution in [0.4, 0.5) is 10.1 Å². The highest BCUT2D eigenvalue weighted by atomic mass is 35.5. The number of methoxy groups -OCH3 is 2. The van der Waals surface area contributed by atoms with Gasteiger partial charge < -0.3 is 14.6 Å². The molecule has 0 amide bonds. The number of hydrogen-bond acceptors (Lipinski definition) is 5. The summed E-state index contributed by atoms with van der Waals surface area (Å²) in [7, 11) is -1.53. The number of nitrogens with one attached hydrogen (secondary N) is 1. The van der Waals surface area contributed by atoms with Gasteiger partial charge in [0, 0.05) is 6.07 Å². The van der Waals surface area contributed by atoms with Crippen molar-refractivity contribution in [3.05, 3.63) is 46.7 Å². The van der Waals surface area contributed by atoms with Gasteiger partial charge in [-0.2, -0.15) is 0 Å². The second-order valence-electron chi connectivity index (χ2n) is 4.74. The molecule has 25 heavy (non-hydrogen) atoms. The lowest BCUT2D eigenvalue weighted by Crippen LogP contribution is -2.15. The fourth-order valence-electron chi connectivity index (χ4n) is 1.98. The highest BCUT2D eigenvalue weighted by Gasteiger charge is 2.24. The molecule has 2 N–H and O–H groups in total. The minimum atomic E-state index is -4.30. The number of hydrogen-bond donors (Lipinski definition) is 2. The highest BCUT2D eigenvalue weighted by Crippen LogP contribution is 2.32. The molecule has 2 rings (SSSR count). The van der Waals surface area contributed by atoms with Crippen molar-refractivity contribution in [2.24, 2.45) is 0 Å². The number of halogens is 2. The summed E-state index contributed by atoms with van der Waals surface area (Å²) in [5, 5.41) is 8.49. The lowest BCUT2D eigenvalue weighted by molar-refractivity contribution is 0.0691. The lowest BCUT2D eigenvalue weighted by atomic mass is 10.2. The van der Waals surface area contributed by atoms with E-state index in [9.17, 15) is 17.6 Å². The first-order valence-electron chi connectivity index (χ1n) is 6.66. The molecule has 0 saturated heterocycles. The zero-order valence-electron chi connectivity index (χ0n) is 13.0. The van der Waals surface area contributed by atoms with Gasteiger partial charge in [0.15, 0.2) is 0 Å². The van der Waals surface area contributed by atoms with E-state index in [1.54, 1.807) is 0 Å². The standard InChI is InChI=1S/C15H13ClFNO6S/c1-23-8-3-4-12(13(5-8)24-2)18-25(21,22)14-6-9(15(19)20)11(17)7-10(14)16/h3-7,18H,1-2H3,(H,19,20). The summed E-state index contributed by atoms with van der Waals surface area (Å²) in [6.45, 7) is 0. The Hall–Kier alpha value is -2.52. The van der Waals surface area contributed by atoms with Crippen molar-refractivity contribution in [3.8, 4) is 11.5 Å². The van der Waals surface area contributed by atoms with E-state index >= 15 is 0 Å². The van der Waals surface area contributed by atoms with Crippen LogP contribution in [0.5, 0.6) is 11.5 Å². The Morgan fingerprint density at radius 1 is 1.20 bits per heavy atom. The Kier molecular flexibility index (Phi) is 5.39. The Balaban J connectivity index is 2.50. The minimum Gasteiger partial charge on any atom is -0.497 e. The number of benzene rings is 2. The normalized spacial score (nSPS) is 11.0. The summed E-state index contributed by atoms with van der Waals surface area (Å²) in [4.78, 5) is 10.4. The largest absolute Gasteiger partial charge is 0.497 e. The van der Waals surface area contributed by atoms with E-state index < -0.39 is 37.3 Å². The highest BCUT2D eigenvalue weighted by molar-refractivity contribution is 7.92. The summed E-state index contributed by atoms with van der Waals surface area (Å²) in [5.74, 6) is -2.15. The molecule has 0 radical (unpaired) electrons. The van der Waals surface area contributed by atoms with Gasteiger partial charge in [-0.15, -0.1) is 0 Å². The predicted octanol–water partition coefficient (Wildman–Crippen LogP) is 3.00. The maximum absolute atomic E-state index is 13.6. The molecule has 0 fully saturated rings. The third-order valence-electron chi connectivity index (χ3n) is 3.19. The van der Waals surface area contributed by atoms with Gasteiger partial charge in [0.2, 0.25) is 0 Å². The van der Waals surface area contributed by atoms with E-state index in [0.29, 0.717) is 17.9 Å². The molecule has 2 aromatic carbocycles. The van der Waals surface area contributed by atoms with E-state index in [-0.39, 0.29) is 11.4 Å². The van der Waals surface area contributed by atoms with Crippen molar-refractivity contribution in [2.45, 2.75) is 4.90 Å². The van der Waals surface area contributed by atoms with Crippen molar-refractivity contribution in [1.29, 1.82) is 0 Å². The molecule has 7 nitrogen and oxygen atoms in total. The van der Waals surface area contributed by atoms with Crippen molar-refractivity contribution in [3.63, 3.8) is 0 Å². The Bertz CT molecular complexity index is 932. The van der Waals surface area contributed by atoms with Crippen molar-refractivity contribution < 1.29 is 32.2 Å². The lowest BCUT2D eigenvalue weighted by Gasteiger charge is -2.14. The minimum absolute atomic E-state index is 0.0700. The van der Waals surface area contributed by atoms with Crippen LogP contribution in [0.2, 0.25) is 5.02 Å². The molecule has 0 spiro atoms. The molecular weight excluding hydrogens is 377 g/mol. The van der Waals surface area contributed by atoms with Gasteiger partial charge in [0.05, 0.1) is 30.5 Å². The number of rotatable bonds is 6. The molecule has 0 bridgehead atoms. The summed E-state index contributed by atoms with van der Waals surface area (Å²) in [6, 6.07) is 5.62. The van der Waals surface area contributed by atoms with Crippen LogP contribution in [0.1, 0.15) is 10.4 Å². The van der Waals surface area contributed by atoms with Gasteiger partial charge in [-0.25, -0.2) is 17.6 Å². The average molecular weight is 390 g/mol. The summed E-state index contributed by atoms with van der Waals surface area (Å²) >= 11 is 5.77. The third kappa shape index (κ3) is 3.94. The van der Waals surface area contributed by atoms with Crippen LogP contribution in [0.15, 0.2) is 35.2 Å². The number of sulfonamides is 1. The maximum atomic E-state index is 13.6. The monoisotopic (exact) mass is 389 g/mol. The van der Waals surface area contributed by atoms with Crippen molar-refractivity contribution >= 4 is 33.3 Å². The van der Waals surface area contributed by atoms with Crippen LogP contribution in [-0.2, 0) is 10.0 Å². The fraction of sp³-hybridized carbons (Fsp3) is 0.133. The molecule has 0 aliphatic heterocycles. The van der Waals surface area contributed by atoms with Gasteiger partial charge in [-0.05, 0) is 24.3 Å². The van der Waals surface area contributed by atoms with Crippen molar-refractivity contribution in [2.75, 3.05) is 18.9 Å². The molecule has 2 aromatic rings. The molecule has 0 heterocycles. The molecule has 0 aromatic heterocycles. The summed E-state index contributed by atoms with van der Waals surface area (Å²) in [6.07, 6.45) is 0. The Morgan fingerprint density at radius 3 is 2.44 bits per heavy atom. The first kappa shape index (κ1) is 18.8. The second-order valence-corrected chi connectivity index (χ2v) is 6.80. The van der Waals surface area contributed by atoms with E-state index in [2.05, 4.69) is 4.72 Å². The van der Waals surface area contributed by atoms with Crippen molar-refractivity contribution in [1.82, 2.24) is 0 Å². The third-order valence-corrected chi connectivity index (χ3v) is 5.02. The van der Waals surface area contributed by atoms with Gasteiger partial charge in [0.1, 0.15) is 22.2 Å². The van der Waals surface area contributed by atoms with Crippen LogP contribution in [0.25, 0.3) is 0 Å². The number of carbonyl (C=O) groups is 1. The van der Waals surface area contributed by atoms with Crippen LogP contribution < -0.4 is 14.2 Å². The molecular formula is C15H13ClFNO6S. The maximum Gasteiger partial charge on any atom is 0.338 e. The van der Waals surface area contributed by atoms with Crippen LogP contribution in [0.3, 0.4) is 0 Å². The Labute approximate surface area is 148 Å². The molecule has 0 saturated carbocycles. The van der Waals surface area contributed by atoms with Crippen LogP contribution in [0, 0.1) is 5.82 Å². The quantitative estimate of drug-likeness (QED) is 0.787. The number of carboxylic acids is 1. The van der Waals surface area contributed by atoms with E-state index in [1.165, 1.54) is 32.4 Å². The number of ether oxygens (including phenoxy) is 2. The first-order valence-corrected chi connectivity index (χ1v) is 8.53. The smallest absolute Gasteiger partial charge is 0.338 e. The van der Waals surface area contributed by atoms with E-state index in [0.717, 1.165) is 0 Å². The molecule has 134 valence electrons. The van der Waals surface area contributed by atoms with Crippen LogP contribution in [-0.4, -0.2) is 33.7 Å². The van der Waals surface area contributed by atoms with E-state index in [1.807, 2.05) is 0 Å². The number of aromatic carboxylic acids is 1. The molecule has 10 heteroatoms. The summed E-state index contributed by atoms with van der Waals surface area (Å²) in [5.41, 5.74) is -0.743. The molecule has 0 aliphatic rings. The average Bonchev–Trinajstić information content (AvgIpc) is 2.54. The zero-order chi connectivity index (χ0) is 18.8. The van der Waals surface area contributed by atoms with Crippen LogP contribution >= 0.6 is 11.6 Å². The molecule has 0 aliphatic carbocycles. The number of carboxylic acid groups (broad SMARTS) is 1.